The third kappa shape index (κ3) is 3.64. The third-order valence-electron chi connectivity index (χ3n) is 3.56. The van der Waals surface area contributed by atoms with Crippen molar-refractivity contribution in [2.45, 2.75) is 44.7 Å². The van der Waals surface area contributed by atoms with Crippen molar-refractivity contribution >= 4 is 6.03 Å². The van der Waals surface area contributed by atoms with E-state index in [-0.39, 0.29) is 25.5 Å². The van der Waals surface area contributed by atoms with Crippen molar-refractivity contribution in [3.05, 3.63) is 11.9 Å². The van der Waals surface area contributed by atoms with E-state index >= 15 is 0 Å². The van der Waals surface area contributed by atoms with Crippen molar-refractivity contribution in [3.63, 3.8) is 0 Å². The molecule has 0 radical (unpaired) electrons. The van der Waals surface area contributed by atoms with E-state index in [0.717, 1.165) is 6.42 Å². The summed E-state index contributed by atoms with van der Waals surface area (Å²) < 4.78 is 28.9. The first-order valence-electron chi connectivity index (χ1n) is 6.73. The van der Waals surface area contributed by atoms with Crippen LogP contribution in [0.15, 0.2) is 6.20 Å². The first kappa shape index (κ1) is 14.7. The van der Waals surface area contributed by atoms with Crippen LogP contribution in [0.1, 0.15) is 31.4 Å². The van der Waals surface area contributed by atoms with Gasteiger partial charge in [0.1, 0.15) is 5.69 Å². The average molecular weight is 287 g/mol. The molecule has 0 spiro atoms. The Kier molecular flexibility index (Phi) is 4.51. The lowest BCUT2D eigenvalue weighted by Gasteiger charge is -2.30. The van der Waals surface area contributed by atoms with Gasteiger partial charge in [-0.1, -0.05) is 11.6 Å². The fourth-order valence-electron chi connectivity index (χ4n) is 2.39. The number of hydrogen-bond acceptors (Lipinski definition) is 3. The molecule has 6 nitrogen and oxygen atoms in total. The number of rotatable bonds is 4. The minimum Gasteiger partial charge on any atom is -0.341 e. The first-order chi connectivity index (χ1) is 9.51. The Hall–Kier alpha value is -1.73. The van der Waals surface area contributed by atoms with Gasteiger partial charge in [0.25, 0.3) is 5.92 Å². The van der Waals surface area contributed by atoms with Crippen molar-refractivity contribution in [1.29, 1.82) is 0 Å². The molecule has 0 aliphatic heterocycles. The quantitative estimate of drug-likeness (QED) is 0.882. The highest BCUT2D eigenvalue weighted by atomic mass is 19.3. The molecule has 1 heterocycles. The van der Waals surface area contributed by atoms with Crippen LogP contribution in [-0.4, -0.2) is 34.0 Å². The summed E-state index contributed by atoms with van der Waals surface area (Å²) in [5.74, 6) is -3.30. The van der Waals surface area contributed by atoms with Crippen LogP contribution < -0.4 is 10.6 Å². The Bertz CT molecular complexity index is 462. The number of carbonyl (C=O) groups excluding carboxylic acids is 1. The molecule has 2 N–H and O–H groups in total. The molecule has 2 amide bonds. The van der Waals surface area contributed by atoms with Gasteiger partial charge in [-0.2, -0.15) is 0 Å². The SMILES string of the molecule is CNC(=O)NCc1cn(CC2CCCCC2(F)F)nn1. The predicted octanol–water partition coefficient (Wildman–Crippen LogP) is 1.53. The number of carbonyl (C=O) groups is 1. The minimum absolute atomic E-state index is 0.0442. The summed E-state index contributed by atoms with van der Waals surface area (Å²) in [6, 6.07) is -0.321. The molecule has 1 fully saturated rings. The lowest BCUT2D eigenvalue weighted by atomic mass is 9.85. The highest BCUT2D eigenvalue weighted by Crippen LogP contribution is 2.39. The molecule has 20 heavy (non-hydrogen) atoms. The molecule has 0 saturated heterocycles. The maximum Gasteiger partial charge on any atom is 0.314 e. The zero-order valence-electron chi connectivity index (χ0n) is 11.4. The summed E-state index contributed by atoms with van der Waals surface area (Å²) >= 11 is 0. The largest absolute Gasteiger partial charge is 0.341 e. The number of nitrogens with zero attached hydrogens (tertiary/aromatic N) is 3. The van der Waals surface area contributed by atoms with Crippen molar-refractivity contribution in [1.82, 2.24) is 25.6 Å². The second-order valence-electron chi connectivity index (χ2n) is 5.07. The number of nitrogens with one attached hydrogen (secondary N) is 2. The van der Waals surface area contributed by atoms with Crippen molar-refractivity contribution in [2.24, 2.45) is 5.92 Å². The fourth-order valence-corrected chi connectivity index (χ4v) is 2.39. The van der Waals surface area contributed by atoms with Gasteiger partial charge in [-0.3, -0.25) is 4.68 Å². The van der Waals surface area contributed by atoms with Gasteiger partial charge in [-0.15, -0.1) is 5.10 Å². The van der Waals surface area contributed by atoms with E-state index < -0.39 is 11.8 Å². The summed E-state index contributed by atoms with van der Waals surface area (Å²) in [5.41, 5.74) is 0.549. The Labute approximate surface area is 115 Å². The zero-order chi connectivity index (χ0) is 14.6. The van der Waals surface area contributed by atoms with E-state index in [9.17, 15) is 13.6 Å². The van der Waals surface area contributed by atoms with Crippen LogP contribution in [0.2, 0.25) is 0 Å². The monoisotopic (exact) mass is 287 g/mol. The number of halogens is 2. The van der Waals surface area contributed by atoms with Crippen molar-refractivity contribution in [2.75, 3.05) is 7.05 Å². The topological polar surface area (TPSA) is 71.8 Å². The van der Waals surface area contributed by atoms with E-state index in [1.165, 1.54) is 11.7 Å². The summed E-state index contributed by atoms with van der Waals surface area (Å²) in [5, 5.41) is 12.7. The molecule has 1 saturated carbocycles. The van der Waals surface area contributed by atoms with Gasteiger partial charge < -0.3 is 10.6 Å². The Morgan fingerprint density at radius 2 is 2.35 bits per heavy atom. The molecule has 0 bridgehead atoms. The molecule has 8 heteroatoms. The highest BCUT2D eigenvalue weighted by molar-refractivity contribution is 5.73. The van der Waals surface area contributed by atoms with E-state index in [0.29, 0.717) is 18.5 Å². The molecule has 1 aromatic rings. The molecular formula is C12H19F2N5O. The van der Waals surface area contributed by atoms with Gasteiger partial charge in [0, 0.05) is 19.4 Å². The Balaban J connectivity index is 1.90. The summed E-state index contributed by atoms with van der Waals surface area (Å²) in [4.78, 5) is 11.0. The van der Waals surface area contributed by atoms with Crippen molar-refractivity contribution < 1.29 is 13.6 Å². The van der Waals surface area contributed by atoms with E-state index in [1.807, 2.05) is 0 Å². The lowest BCUT2D eigenvalue weighted by Crippen LogP contribution is -2.34. The highest BCUT2D eigenvalue weighted by Gasteiger charge is 2.41. The van der Waals surface area contributed by atoms with Gasteiger partial charge in [-0.25, -0.2) is 13.6 Å². The summed E-state index contributed by atoms with van der Waals surface area (Å²) in [6.07, 6.45) is 3.49. The molecule has 2 rings (SSSR count). The standard InChI is InChI=1S/C12H19F2N5O/c1-15-11(20)16-6-10-8-19(18-17-10)7-9-4-2-3-5-12(9,13)14/h8-9H,2-7H2,1H3,(H2,15,16,20). The Morgan fingerprint density at radius 1 is 1.55 bits per heavy atom. The smallest absolute Gasteiger partial charge is 0.314 e. The summed E-state index contributed by atoms with van der Waals surface area (Å²) in [7, 11) is 1.51. The molecule has 0 aromatic carbocycles. The molecule has 1 aliphatic carbocycles. The zero-order valence-corrected chi connectivity index (χ0v) is 11.4. The number of alkyl halides is 2. The third-order valence-corrected chi connectivity index (χ3v) is 3.56. The maximum atomic E-state index is 13.7. The first-order valence-corrected chi connectivity index (χ1v) is 6.73. The van der Waals surface area contributed by atoms with Crippen LogP contribution in [-0.2, 0) is 13.1 Å². The molecule has 1 aliphatic rings. The van der Waals surface area contributed by atoms with Crippen LogP contribution >= 0.6 is 0 Å². The van der Waals surface area contributed by atoms with Gasteiger partial charge >= 0.3 is 6.03 Å². The number of urea groups is 1. The van der Waals surface area contributed by atoms with Crippen LogP contribution in [0.3, 0.4) is 0 Å². The fraction of sp³-hybridized carbons (Fsp3) is 0.750. The van der Waals surface area contributed by atoms with Crippen LogP contribution in [0.25, 0.3) is 0 Å². The van der Waals surface area contributed by atoms with Gasteiger partial charge in [-0.05, 0) is 12.8 Å². The number of aromatic nitrogens is 3. The molecule has 112 valence electrons. The van der Waals surface area contributed by atoms with Crippen LogP contribution in [0.4, 0.5) is 13.6 Å². The normalized spacial score (nSPS) is 21.4. The summed E-state index contributed by atoms with van der Waals surface area (Å²) in [6.45, 7) is 0.390. The number of hydrogen-bond donors (Lipinski definition) is 2. The van der Waals surface area contributed by atoms with E-state index in [1.54, 1.807) is 6.20 Å². The van der Waals surface area contributed by atoms with Gasteiger partial charge in [0.05, 0.1) is 19.3 Å². The average Bonchev–Trinajstić information content (AvgIpc) is 2.86. The molecule has 1 aromatic heterocycles. The molecule has 1 atom stereocenters. The maximum absolute atomic E-state index is 13.7. The Morgan fingerprint density at radius 3 is 3.05 bits per heavy atom. The van der Waals surface area contributed by atoms with Crippen LogP contribution in [0.5, 0.6) is 0 Å². The van der Waals surface area contributed by atoms with Gasteiger partial charge in [0.2, 0.25) is 0 Å². The lowest BCUT2D eigenvalue weighted by molar-refractivity contribution is -0.0920. The molecule has 1 unspecified atom stereocenters. The second-order valence-corrected chi connectivity index (χ2v) is 5.07. The van der Waals surface area contributed by atoms with Crippen LogP contribution in [0, 0.1) is 5.92 Å². The number of amides is 2. The molecular weight excluding hydrogens is 268 g/mol. The second kappa shape index (κ2) is 6.15. The van der Waals surface area contributed by atoms with E-state index in [2.05, 4.69) is 20.9 Å². The van der Waals surface area contributed by atoms with E-state index in [4.69, 9.17) is 0 Å². The van der Waals surface area contributed by atoms with Gasteiger partial charge in [0.15, 0.2) is 0 Å². The van der Waals surface area contributed by atoms with Crippen molar-refractivity contribution in [3.8, 4) is 0 Å². The minimum atomic E-state index is -2.62. The predicted molar refractivity (Wildman–Crippen MR) is 68.2 cm³/mol.